The molecule has 142 valence electrons. The molecule has 2 aliphatic rings. The Morgan fingerprint density at radius 3 is 2.70 bits per heavy atom. The molecule has 2 aromatic rings. The van der Waals surface area contributed by atoms with Crippen molar-refractivity contribution in [1.82, 2.24) is 9.21 Å². The monoisotopic (exact) mass is 387 g/mol. The summed E-state index contributed by atoms with van der Waals surface area (Å²) >= 11 is 0. The molecule has 0 aliphatic carbocycles. The van der Waals surface area contributed by atoms with Gasteiger partial charge < -0.3 is 10.2 Å². The van der Waals surface area contributed by atoms with Crippen LogP contribution in [0.25, 0.3) is 10.8 Å². The fraction of sp³-hybridized carbons (Fsp3) is 0.368. The molecule has 8 heteroatoms. The van der Waals surface area contributed by atoms with Crippen molar-refractivity contribution in [3.05, 3.63) is 35.9 Å². The lowest BCUT2D eigenvalue weighted by molar-refractivity contribution is -0.127. The second-order valence-electron chi connectivity index (χ2n) is 7.08. The second kappa shape index (κ2) is 6.31. The molecule has 2 aromatic carbocycles. The van der Waals surface area contributed by atoms with Crippen LogP contribution in [-0.4, -0.2) is 56.1 Å². The van der Waals surface area contributed by atoms with Crippen LogP contribution in [0.1, 0.15) is 23.7 Å². The minimum atomic E-state index is -3.75. The van der Waals surface area contributed by atoms with Gasteiger partial charge in [-0.1, -0.05) is 12.1 Å². The van der Waals surface area contributed by atoms with Crippen molar-refractivity contribution in [2.45, 2.75) is 18.2 Å². The zero-order valence-corrected chi connectivity index (χ0v) is 16.0. The SMILES string of the molecule is CCN1CC(CN(C)S(=O)(=O)c2ccc3c4c(cccc24)C(=O)N3)CC1=O. The van der Waals surface area contributed by atoms with Gasteiger partial charge in [-0.15, -0.1) is 0 Å². The van der Waals surface area contributed by atoms with E-state index in [1.54, 1.807) is 36.2 Å². The van der Waals surface area contributed by atoms with E-state index in [0.717, 1.165) is 0 Å². The molecule has 1 N–H and O–H groups in total. The molecule has 2 aliphatic heterocycles. The summed E-state index contributed by atoms with van der Waals surface area (Å²) in [6.07, 6.45) is 0.371. The summed E-state index contributed by atoms with van der Waals surface area (Å²) in [5, 5.41) is 3.94. The maximum absolute atomic E-state index is 13.2. The lowest BCUT2D eigenvalue weighted by atomic mass is 10.1. The van der Waals surface area contributed by atoms with Crippen molar-refractivity contribution in [1.29, 1.82) is 0 Å². The lowest BCUT2D eigenvalue weighted by Crippen LogP contribution is -2.33. The summed E-state index contributed by atoms with van der Waals surface area (Å²) in [7, 11) is -2.21. The molecule has 1 atom stereocenters. The number of benzene rings is 2. The minimum Gasteiger partial charge on any atom is -0.343 e. The predicted octanol–water partition coefficient (Wildman–Crippen LogP) is 1.89. The number of carbonyl (C=O) groups excluding carboxylic acids is 2. The molecule has 2 amide bonds. The van der Waals surface area contributed by atoms with Crippen molar-refractivity contribution < 1.29 is 18.0 Å². The van der Waals surface area contributed by atoms with E-state index in [2.05, 4.69) is 5.32 Å². The number of rotatable bonds is 5. The summed E-state index contributed by atoms with van der Waals surface area (Å²) in [5.74, 6) is -0.164. The zero-order chi connectivity index (χ0) is 19.3. The van der Waals surface area contributed by atoms with E-state index < -0.39 is 10.0 Å². The van der Waals surface area contributed by atoms with Crippen molar-refractivity contribution in [2.24, 2.45) is 5.92 Å². The van der Waals surface area contributed by atoms with Gasteiger partial charge in [0.25, 0.3) is 5.91 Å². The van der Waals surface area contributed by atoms with Crippen LogP contribution in [-0.2, 0) is 14.8 Å². The van der Waals surface area contributed by atoms with Crippen LogP contribution in [0.15, 0.2) is 35.2 Å². The molecule has 0 saturated carbocycles. The van der Waals surface area contributed by atoms with E-state index in [1.807, 2.05) is 6.92 Å². The van der Waals surface area contributed by atoms with Gasteiger partial charge in [0.05, 0.1) is 4.90 Å². The first-order chi connectivity index (χ1) is 12.8. The number of hydrogen-bond donors (Lipinski definition) is 1. The number of amides is 2. The fourth-order valence-corrected chi connectivity index (χ4v) is 5.43. The average molecular weight is 387 g/mol. The van der Waals surface area contributed by atoms with Gasteiger partial charge in [-0.2, -0.15) is 0 Å². The van der Waals surface area contributed by atoms with Crippen LogP contribution in [0.5, 0.6) is 0 Å². The third kappa shape index (κ3) is 2.80. The molecule has 7 nitrogen and oxygen atoms in total. The largest absolute Gasteiger partial charge is 0.343 e. The maximum atomic E-state index is 13.2. The third-order valence-electron chi connectivity index (χ3n) is 5.37. The van der Waals surface area contributed by atoms with E-state index >= 15 is 0 Å². The minimum absolute atomic E-state index is 0.0164. The molecule has 27 heavy (non-hydrogen) atoms. The Hall–Kier alpha value is -2.45. The number of sulfonamides is 1. The molecule has 0 aromatic heterocycles. The first kappa shape index (κ1) is 17.9. The van der Waals surface area contributed by atoms with E-state index in [4.69, 9.17) is 0 Å². The summed E-state index contributed by atoms with van der Waals surface area (Å²) in [5.41, 5.74) is 1.12. The summed E-state index contributed by atoms with van der Waals surface area (Å²) < 4.78 is 27.7. The number of likely N-dealkylation sites (tertiary alicyclic amines) is 1. The third-order valence-corrected chi connectivity index (χ3v) is 7.25. The molecule has 0 spiro atoms. The fourth-order valence-electron chi connectivity index (χ4n) is 4.00. The highest BCUT2D eigenvalue weighted by molar-refractivity contribution is 7.89. The molecule has 1 unspecified atom stereocenters. The zero-order valence-electron chi connectivity index (χ0n) is 15.2. The molecule has 1 fully saturated rings. The highest BCUT2D eigenvalue weighted by Gasteiger charge is 2.33. The Labute approximate surface area is 158 Å². The quantitative estimate of drug-likeness (QED) is 0.849. The maximum Gasteiger partial charge on any atom is 0.256 e. The van der Waals surface area contributed by atoms with Crippen LogP contribution < -0.4 is 5.32 Å². The van der Waals surface area contributed by atoms with Crippen LogP contribution >= 0.6 is 0 Å². The number of nitrogens with zero attached hydrogens (tertiary/aromatic N) is 2. The Kier molecular flexibility index (Phi) is 4.20. The first-order valence-corrected chi connectivity index (χ1v) is 10.4. The first-order valence-electron chi connectivity index (χ1n) is 8.94. The van der Waals surface area contributed by atoms with Crippen LogP contribution in [0.3, 0.4) is 0 Å². The van der Waals surface area contributed by atoms with E-state index in [9.17, 15) is 18.0 Å². The van der Waals surface area contributed by atoms with E-state index in [1.165, 1.54) is 10.4 Å². The van der Waals surface area contributed by atoms with Gasteiger partial charge in [0.1, 0.15) is 0 Å². The Morgan fingerprint density at radius 2 is 2.00 bits per heavy atom. The van der Waals surface area contributed by atoms with Crippen LogP contribution in [0.4, 0.5) is 5.69 Å². The van der Waals surface area contributed by atoms with Gasteiger partial charge in [0, 0.05) is 55.1 Å². The smallest absolute Gasteiger partial charge is 0.256 e. The van der Waals surface area contributed by atoms with Crippen LogP contribution in [0, 0.1) is 5.92 Å². The van der Waals surface area contributed by atoms with Gasteiger partial charge in [0.2, 0.25) is 15.9 Å². The van der Waals surface area contributed by atoms with Gasteiger partial charge >= 0.3 is 0 Å². The van der Waals surface area contributed by atoms with Crippen LogP contribution in [0.2, 0.25) is 0 Å². The van der Waals surface area contributed by atoms with Crippen molar-refractivity contribution >= 4 is 38.3 Å². The second-order valence-corrected chi connectivity index (χ2v) is 9.09. The summed E-state index contributed by atoms with van der Waals surface area (Å²) in [6, 6.07) is 8.28. The topological polar surface area (TPSA) is 86.8 Å². The molecule has 4 rings (SSSR count). The van der Waals surface area contributed by atoms with Crippen molar-refractivity contribution in [3.8, 4) is 0 Å². The molecule has 2 heterocycles. The summed E-state index contributed by atoms with van der Waals surface area (Å²) in [4.78, 5) is 25.9. The van der Waals surface area contributed by atoms with Gasteiger partial charge in [-0.3, -0.25) is 9.59 Å². The lowest BCUT2D eigenvalue weighted by Gasteiger charge is -2.22. The Balaban J connectivity index is 1.68. The van der Waals surface area contributed by atoms with Gasteiger partial charge in [-0.25, -0.2) is 12.7 Å². The molecule has 1 saturated heterocycles. The molecular weight excluding hydrogens is 366 g/mol. The summed E-state index contributed by atoms with van der Waals surface area (Å²) in [6.45, 7) is 3.42. The molecule has 0 radical (unpaired) electrons. The van der Waals surface area contributed by atoms with Crippen molar-refractivity contribution in [3.63, 3.8) is 0 Å². The van der Waals surface area contributed by atoms with Crippen molar-refractivity contribution in [2.75, 3.05) is 32.0 Å². The number of carbonyl (C=O) groups is 2. The Morgan fingerprint density at radius 1 is 1.22 bits per heavy atom. The Bertz CT molecular complexity index is 1060. The van der Waals surface area contributed by atoms with E-state index in [-0.39, 0.29) is 29.2 Å². The molecular formula is C19H21N3O4S. The van der Waals surface area contributed by atoms with Gasteiger partial charge in [-0.05, 0) is 31.0 Å². The number of hydrogen-bond acceptors (Lipinski definition) is 4. The van der Waals surface area contributed by atoms with Gasteiger partial charge in [0.15, 0.2) is 0 Å². The average Bonchev–Trinajstić information content (AvgIpc) is 3.16. The standard InChI is InChI=1S/C19H21N3O4S/c1-3-22-11-12(9-17(22)23)10-21(2)27(25,26)16-8-7-15-18-13(16)5-4-6-14(18)19(24)20-15/h4-8,12H,3,9-11H2,1-2H3,(H,20,24). The normalized spacial score (nSPS) is 19.4. The number of anilines is 1. The number of nitrogens with one attached hydrogen (secondary N) is 1. The predicted molar refractivity (Wildman–Crippen MR) is 102 cm³/mol. The highest BCUT2D eigenvalue weighted by atomic mass is 32.2. The molecule has 0 bridgehead atoms. The van der Waals surface area contributed by atoms with E-state index in [0.29, 0.717) is 41.5 Å². The highest BCUT2D eigenvalue weighted by Crippen LogP contribution is 2.37.